The highest BCUT2D eigenvalue weighted by atomic mass is 16.6. The van der Waals surface area contributed by atoms with Gasteiger partial charge >= 0.3 is 6.09 Å². The molecule has 1 amide bonds. The Labute approximate surface area is 111 Å². The molecule has 1 N–H and O–H groups in total. The summed E-state index contributed by atoms with van der Waals surface area (Å²) >= 11 is 0. The second-order valence-corrected chi connectivity index (χ2v) is 5.47. The van der Waals surface area contributed by atoms with Gasteiger partial charge in [0.15, 0.2) is 0 Å². The maximum atomic E-state index is 11.4. The Morgan fingerprint density at radius 1 is 1.32 bits per heavy atom. The minimum absolute atomic E-state index is 0.0579. The molecule has 0 bridgehead atoms. The van der Waals surface area contributed by atoms with E-state index >= 15 is 0 Å². The van der Waals surface area contributed by atoms with Crippen molar-refractivity contribution in [3.8, 4) is 0 Å². The van der Waals surface area contributed by atoms with Crippen LogP contribution >= 0.6 is 0 Å². The highest BCUT2D eigenvalue weighted by Gasteiger charge is 2.30. The molecule has 0 saturated carbocycles. The second-order valence-electron chi connectivity index (χ2n) is 5.47. The summed E-state index contributed by atoms with van der Waals surface area (Å²) in [6.45, 7) is 7.65. The Kier molecular flexibility index (Phi) is 4.14. The third kappa shape index (κ3) is 3.43. The SMILES string of the molecule is CC(N(C(=O)O)c1ccc([N+](=O)[O-])cc1)C(C)(C)C. The number of rotatable bonds is 3. The van der Waals surface area contributed by atoms with Crippen molar-refractivity contribution in [2.75, 3.05) is 4.90 Å². The minimum Gasteiger partial charge on any atom is -0.465 e. The van der Waals surface area contributed by atoms with Crippen molar-refractivity contribution in [2.45, 2.75) is 33.7 Å². The van der Waals surface area contributed by atoms with Gasteiger partial charge in [0.25, 0.3) is 5.69 Å². The van der Waals surface area contributed by atoms with Crippen LogP contribution in [0.2, 0.25) is 0 Å². The average molecular weight is 266 g/mol. The zero-order valence-electron chi connectivity index (χ0n) is 11.5. The average Bonchev–Trinajstić information content (AvgIpc) is 2.28. The predicted octanol–water partition coefficient (Wildman–Crippen LogP) is 3.51. The molecule has 0 aliphatic heterocycles. The molecule has 104 valence electrons. The van der Waals surface area contributed by atoms with E-state index in [4.69, 9.17) is 0 Å². The molecule has 19 heavy (non-hydrogen) atoms. The molecule has 6 heteroatoms. The fraction of sp³-hybridized carbons (Fsp3) is 0.462. The summed E-state index contributed by atoms with van der Waals surface area (Å²) in [6, 6.07) is 5.26. The highest BCUT2D eigenvalue weighted by Crippen LogP contribution is 2.29. The summed E-state index contributed by atoms with van der Waals surface area (Å²) in [5.41, 5.74) is 0.137. The van der Waals surface area contributed by atoms with Gasteiger partial charge < -0.3 is 5.11 Å². The van der Waals surface area contributed by atoms with E-state index in [2.05, 4.69) is 0 Å². The van der Waals surface area contributed by atoms with E-state index in [0.717, 1.165) is 0 Å². The van der Waals surface area contributed by atoms with Crippen LogP contribution in [-0.4, -0.2) is 22.2 Å². The first-order valence-corrected chi connectivity index (χ1v) is 5.91. The van der Waals surface area contributed by atoms with Crippen molar-refractivity contribution in [1.82, 2.24) is 0 Å². The van der Waals surface area contributed by atoms with E-state index in [1.165, 1.54) is 29.2 Å². The van der Waals surface area contributed by atoms with Crippen LogP contribution < -0.4 is 4.90 Å². The number of benzene rings is 1. The number of carboxylic acid groups (broad SMARTS) is 1. The molecule has 0 aliphatic carbocycles. The van der Waals surface area contributed by atoms with Crippen LogP contribution in [0.5, 0.6) is 0 Å². The monoisotopic (exact) mass is 266 g/mol. The molecule has 0 heterocycles. The summed E-state index contributed by atoms with van der Waals surface area (Å²) in [6.07, 6.45) is -1.07. The summed E-state index contributed by atoms with van der Waals surface area (Å²) in [5.74, 6) is 0. The van der Waals surface area contributed by atoms with Gasteiger partial charge in [0.2, 0.25) is 0 Å². The van der Waals surface area contributed by atoms with E-state index in [-0.39, 0.29) is 17.1 Å². The molecule has 1 atom stereocenters. The van der Waals surface area contributed by atoms with Crippen molar-refractivity contribution in [3.63, 3.8) is 0 Å². The van der Waals surface area contributed by atoms with Crippen molar-refractivity contribution in [3.05, 3.63) is 34.4 Å². The minimum atomic E-state index is -1.07. The lowest BCUT2D eigenvalue weighted by molar-refractivity contribution is -0.384. The number of carbonyl (C=O) groups is 1. The third-order valence-corrected chi connectivity index (χ3v) is 3.19. The van der Waals surface area contributed by atoms with E-state index in [1.54, 1.807) is 0 Å². The van der Waals surface area contributed by atoms with Crippen LogP contribution in [0.3, 0.4) is 0 Å². The van der Waals surface area contributed by atoms with Crippen LogP contribution in [0.15, 0.2) is 24.3 Å². The van der Waals surface area contributed by atoms with Gasteiger partial charge in [-0.05, 0) is 24.5 Å². The lowest BCUT2D eigenvalue weighted by Crippen LogP contribution is -2.45. The summed E-state index contributed by atoms with van der Waals surface area (Å²) < 4.78 is 0. The molecular formula is C13H18N2O4. The van der Waals surface area contributed by atoms with Gasteiger partial charge in [0.05, 0.1) is 4.92 Å². The Morgan fingerprint density at radius 2 is 1.79 bits per heavy atom. The van der Waals surface area contributed by atoms with E-state index < -0.39 is 11.0 Å². The fourth-order valence-corrected chi connectivity index (χ4v) is 1.62. The number of nitro benzene ring substituents is 1. The van der Waals surface area contributed by atoms with E-state index in [1.807, 2.05) is 27.7 Å². The number of hydrogen-bond acceptors (Lipinski definition) is 3. The summed E-state index contributed by atoms with van der Waals surface area (Å²) in [7, 11) is 0. The maximum absolute atomic E-state index is 11.4. The molecule has 0 radical (unpaired) electrons. The highest BCUT2D eigenvalue weighted by molar-refractivity contribution is 5.87. The number of non-ortho nitro benzene ring substituents is 1. The molecule has 6 nitrogen and oxygen atoms in total. The van der Waals surface area contributed by atoms with E-state index in [0.29, 0.717) is 5.69 Å². The van der Waals surface area contributed by atoms with Crippen molar-refractivity contribution >= 4 is 17.5 Å². The van der Waals surface area contributed by atoms with Crippen molar-refractivity contribution in [1.29, 1.82) is 0 Å². The Bertz CT molecular complexity index is 476. The lowest BCUT2D eigenvalue weighted by Gasteiger charge is -2.36. The molecule has 0 aromatic heterocycles. The Hall–Kier alpha value is -2.11. The van der Waals surface area contributed by atoms with Crippen LogP contribution in [-0.2, 0) is 0 Å². The lowest BCUT2D eigenvalue weighted by atomic mass is 9.87. The zero-order chi connectivity index (χ0) is 14.8. The van der Waals surface area contributed by atoms with Gasteiger partial charge in [-0.1, -0.05) is 20.8 Å². The van der Waals surface area contributed by atoms with Gasteiger partial charge in [-0.15, -0.1) is 0 Å². The van der Waals surface area contributed by atoms with Gasteiger partial charge in [-0.3, -0.25) is 15.0 Å². The van der Waals surface area contributed by atoms with Crippen LogP contribution in [0, 0.1) is 15.5 Å². The smallest absolute Gasteiger partial charge is 0.412 e. The number of nitrogens with zero attached hydrogens (tertiary/aromatic N) is 2. The molecule has 1 aromatic rings. The number of hydrogen-bond donors (Lipinski definition) is 1. The van der Waals surface area contributed by atoms with Gasteiger partial charge in [0.1, 0.15) is 0 Å². The Balaban J connectivity index is 3.14. The fourth-order valence-electron chi connectivity index (χ4n) is 1.62. The van der Waals surface area contributed by atoms with E-state index in [9.17, 15) is 20.0 Å². The molecule has 0 saturated heterocycles. The first-order chi connectivity index (χ1) is 8.64. The first-order valence-electron chi connectivity index (χ1n) is 5.91. The molecule has 0 spiro atoms. The molecule has 0 fully saturated rings. The molecule has 1 rings (SSSR count). The van der Waals surface area contributed by atoms with Gasteiger partial charge in [-0.2, -0.15) is 0 Å². The standard InChI is InChI=1S/C13H18N2O4/c1-9(13(2,3)4)14(12(16)17)10-5-7-11(8-6-10)15(18)19/h5-9H,1-4H3,(H,16,17). The number of nitro groups is 1. The van der Waals surface area contributed by atoms with Gasteiger partial charge in [-0.25, -0.2) is 4.79 Å². The predicted molar refractivity (Wildman–Crippen MR) is 72.5 cm³/mol. The third-order valence-electron chi connectivity index (χ3n) is 3.19. The summed E-state index contributed by atoms with van der Waals surface area (Å²) in [4.78, 5) is 22.7. The first kappa shape index (κ1) is 14.9. The van der Waals surface area contributed by atoms with Crippen LogP contribution in [0.4, 0.5) is 16.2 Å². The number of amides is 1. The molecule has 1 aromatic carbocycles. The Morgan fingerprint density at radius 3 is 2.11 bits per heavy atom. The summed E-state index contributed by atoms with van der Waals surface area (Å²) in [5, 5.41) is 19.9. The normalized spacial score (nSPS) is 12.8. The quantitative estimate of drug-likeness (QED) is 0.670. The second kappa shape index (κ2) is 5.26. The topological polar surface area (TPSA) is 83.7 Å². The molecule has 1 unspecified atom stereocenters. The van der Waals surface area contributed by atoms with Crippen molar-refractivity contribution < 1.29 is 14.8 Å². The largest absolute Gasteiger partial charge is 0.465 e. The molecule has 0 aliphatic rings. The van der Waals surface area contributed by atoms with Crippen LogP contribution in [0.25, 0.3) is 0 Å². The van der Waals surface area contributed by atoms with Gasteiger partial charge in [0, 0.05) is 23.9 Å². The number of anilines is 1. The van der Waals surface area contributed by atoms with Crippen LogP contribution in [0.1, 0.15) is 27.7 Å². The zero-order valence-corrected chi connectivity index (χ0v) is 11.5. The maximum Gasteiger partial charge on any atom is 0.412 e. The van der Waals surface area contributed by atoms with Crippen molar-refractivity contribution in [2.24, 2.45) is 5.41 Å². The molecular weight excluding hydrogens is 248 g/mol.